The molecule has 1 aromatic carbocycles. The lowest BCUT2D eigenvalue weighted by atomic mass is 10.2. The minimum atomic E-state index is 0. The van der Waals surface area contributed by atoms with Crippen LogP contribution in [-0.4, -0.2) is 44.2 Å². The molecule has 1 aromatic heterocycles. The summed E-state index contributed by atoms with van der Waals surface area (Å²) >= 11 is 0. The molecule has 1 fully saturated rings. The predicted molar refractivity (Wildman–Crippen MR) is 121 cm³/mol. The number of guanidine groups is 1. The van der Waals surface area contributed by atoms with Gasteiger partial charge in [0.15, 0.2) is 5.96 Å². The minimum Gasteiger partial charge on any atom is -0.481 e. The second-order valence-electron chi connectivity index (χ2n) is 6.55. The summed E-state index contributed by atoms with van der Waals surface area (Å²) in [5, 5.41) is 6.87. The fraction of sp³-hybridized carbons (Fsp3) is 0.400. The molecular weight excluding hydrogens is 453 g/mol. The van der Waals surface area contributed by atoms with Gasteiger partial charge in [0.25, 0.3) is 0 Å². The van der Waals surface area contributed by atoms with E-state index < -0.39 is 0 Å². The van der Waals surface area contributed by atoms with Crippen molar-refractivity contribution in [2.75, 3.05) is 32.1 Å². The van der Waals surface area contributed by atoms with Crippen molar-refractivity contribution < 1.29 is 4.74 Å². The molecule has 0 bridgehead atoms. The molecule has 0 spiro atoms. The topological polar surface area (TPSA) is 61.8 Å². The van der Waals surface area contributed by atoms with E-state index in [2.05, 4.69) is 56.7 Å². The number of nitrogens with zero attached hydrogens (tertiary/aromatic N) is 3. The third-order valence-corrected chi connectivity index (χ3v) is 4.62. The smallest absolute Gasteiger partial charge is 0.212 e. The van der Waals surface area contributed by atoms with Crippen LogP contribution in [0.3, 0.4) is 0 Å². The number of hydrogen-bond acceptors (Lipinski definition) is 4. The fourth-order valence-electron chi connectivity index (χ4n) is 3.08. The lowest BCUT2D eigenvalue weighted by Gasteiger charge is -2.20. The SMILES string of the molecule is CN=C(NCc1ccc(OC)nc1)NC1CCN(c2ccc(C)cc2)C1.I. The number of aromatic nitrogens is 1. The van der Waals surface area contributed by atoms with Gasteiger partial charge in [-0.15, -0.1) is 24.0 Å². The molecule has 1 atom stereocenters. The third-order valence-electron chi connectivity index (χ3n) is 4.62. The number of ether oxygens (including phenoxy) is 1. The maximum absolute atomic E-state index is 5.09. The van der Waals surface area contributed by atoms with E-state index in [0.717, 1.165) is 31.0 Å². The second-order valence-corrected chi connectivity index (χ2v) is 6.55. The Labute approximate surface area is 178 Å². The van der Waals surface area contributed by atoms with E-state index in [9.17, 15) is 0 Å². The lowest BCUT2D eigenvalue weighted by molar-refractivity contribution is 0.397. The fourth-order valence-corrected chi connectivity index (χ4v) is 3.08. The number of benzene rings is 1. The highest BCUT2D eigenvalue weighted by Crippen LogP contribution is 2.20. The van der Waals surface area contributed by atoms with Gasteiger partial charge in [0.2, 0.25) is 5.88 Å². The quantitative estimate of drug-likeness (QED) is 0.391. The number of aryl methyl sites for hydroxylation is 1. The zero-order valence-corrected chi connectivity index (χ0v) is 18.4. The highest BCUT2D eigenvalue weighted by atomic mass is 127. The van der Waals surface area contributed by atoms with Crippen molar-refractivity contribution in [3.8, 4) is 5.88 Å². The molecule has 0 amide bonds. The van der Waals surface area contributed by atoms with Crippen LogP contribution in [0.25, 0.3) is 0 Å². The van der Waals surface area contributed by atoms with E-state index in [1.54, 1.807) is 14.2 Å². The molecule has 0 aliphatic carbocycles. The molecule has 6 nitrogen and oxygen atoms in total. The van der Waals surface area contributed by atoms with Crippen LogP contribution in [0, 0.1) is 6.92 Å². The highest BCUT2D eigenvalue weighted by Gasteiger charge is 2.23. The Morgan fingerprint density at radius 3 is 2.67 bits per heavy atom. The van der Waals surface area contributed by atoms with Crippen molar-refractivity contribution >= 4 is 35.6 Å². The summed E-state index contributed by atoms with van der Waals surface area (Å²) in [5.41, 5.74) is 3.66. The molecule has 1 saturated heterocycles. The number of hydrogen-bond donors (Lipinski definition) is 2. The molecule has 7 heteroatoms. The van der Waals surface area contributed by atoms with E-state index in [0.29, 0.717) is 18.5 Å². The summed E-state index contributed by atoms with van der Waals surface area (Å²) < 4.78 is 5.09. The van der Waals surface area contributed by atoms with Gasteiger partial charge in [0.05, 0.1) is 7.11 Å². The summed E-state index contributed by atoms with van der Waals surface area (Å²) in [4.78, 5) is 11.0. The van der Waals surface area contributed by atoms with E-state index >= 15 is 0 Å². The number of methoxy groups -OCH3 is 1. The highest BCUT2D eigenvalue weighted by molar-refractivity contribution is 14.0. The zero-order valence-electron chi connectivity index (χ0n) is 16.1. The maximum atomic E-state index is 5.09. The van der Waals surface area contributed by atoms with E-state index in [1.165, 1.54) is 11.3 Å². The van der Waals surface area contributed by atoms with Crippen molar-refractivity contribution in [3.63, 3.8) is 0 Å². The molecule has 2 N–H and O–H groups in total. The minimum absolute atomic E-state index is 0. The first kappa shape index (κ1) is 21.3. The average Bonchev–Trinajstić information content (AvgIpc) is 3.14. The first-order chi connectivity index (χ1) is 12.7. The van der Waals surface area contributed by atoms with Gasteiger partial charge in [-0.1, -0.05) is 23.8 Å². The molecule has 1 aliphatic rings. The van der Waals surface area contributed by atoms with Gasteiger partial charge in [-0.3, -0.25) is 4.99 Å². The summed E-state index contributed by atoms with van der Waals surface area (Å²) in [6.07, 6.45) is 2.91. The Bertz CT molecular complexity index is 733. The number of rotatable bonds is 5. The number of nitrogens with one attached hydrogen (secondary N) is 2. The van der Waals surface area contributed by atoms with Gasteiger partial charge in [0.1, 0.15) is 0 Å². The van der Waals surface area contributed by atoms with Crippen LogP contribution < -0.4 is 20.3 Å². The Morgan fingerprint density at radius 1 is 1.26 bits per heavy atom. The van der Waals surface area contributed by atoms with E-state index in [4.69, 9.17) is 4.74 Å². The van der Waals surface area contributed by atoms with Crippen LogP contribution in [0.15, 0.2) is 47.6 Å². The summed E-state index contributed by atoms with van der Waals surface area (Å²) in [6, 6.07) is 13.0. The monoisotopic (exact) mass is 481 g/mol. The zero-order chi connectivity index (χ0) is 18.4. The Morgan fingerprint density at radius 2 is 2.04 bits per heavy atom. The normalized spacial score (nSPS) is 16.6. The molecule has 1 unspecified atom stereocenters. The molecule has 0 saturated carbocycles. The Kier molecular flexibility index (Phi) is 8.15. The first-order valence-electron chi connectivity index (χ1n) is 8.95. The number of aliphatic imine (C=N–C) groups is 1. The molecule has 3 rings (SSSR count). The van der Waals surface area contributed by atoms with Gasteiger partial charge >= 0.3 is 0 Å². The maximum Gasteiger partial charge on any atom is 0.212 e. The van der Waals surface area contributed by atoms with Crippen LogP contribution in [0.1, 0.15) is 17.5 Å². The van der Waals surface area contributed by atoms with Crippen molar-refractivity contribution in [2.45, 2.75) is 25.9 Å². The summed E-state index contributed by atoms with van der Waals surface area (Å²) in [5.74, 6) is 1.44. The standard InChI is InChI=1S/C20H27N5O.HI/c1-15-4-7-18(8-5-15)25-11-10-17(14-25)24-20(21-2)23-13-16-6-9-19(26-3)22-12-16;/h4-9,12,17H,10-11,13-14H2,1-3H3,(H2,21,23,24);1H. The van der Waals surface area contributed by atoms with Gasteiger partial charge in [-0.2, -0.15) is 0 Å². The van der Waals surface area contributed by atoms with Crippen molar-refractivity contribution in [3.05, 3.63) is 53.7 Å². The van der Waals surface area contributed by atoms with Crippen LogP contribution >= 0.6 is 24.0 Å². The van der Waals surface area contributed by atoms with Crippen molar-refractivity contribution in [1.29, 1.82) is 0 Å². The molecular formula is C20H28IN5O. The second kappa shape index (κ2) is 10.3. The number of halogens is 1. The van der Waals surface area contributed by atoms with Crippen LogP contribution in [-0.2, 0) is 6.54 Å². The van der Waals surface area contributed by atoms with Crippen LogP contribution in [0.2, 0.25) is 0 Å². The summed E-state index contributed by atoms with van der Waals surface area (Å²) in [6.45, 7) is 4.82. The van der Waals surface area contributed by atoms with Gasteiger partial charge < -0.3 is 20.3 Å². The molecule has 146 valence electrons. The van der Waals surface area contributed by atoms with Crippen molar-refractivity contribution in [1.82, 2.24) is 15.6 Å². The largest absolute Gasteiger partial charge is 0.481 e. The number of pyridine rings is 1. The Balaban J connectivity index is 0.00000261. The van der Waals surface area contributed by atoms with E-state index in [1.807, 2.05) is 18.3 Å². The molecule has 2 aromatic rings. The molecule has 1 aliphatic heterocycles. The number of anilines is 1. The van der Waals surface area contributed by atoms with Crippen molar-refractivity contribution in [2.24, 2.45) is 4.99 Å². The van der Waals surface area contributed by atoms with Crippen LogP contribution in [0.5, 0.6) is 5.88 Å². The van der Waals surface area contributed by atoms with Gasteiger partial charge in [-0.25, -0.2) is 4.98 Å². The molecule has 0 radical (unpaired) electrons. The third kappa shape index (κ3) is 5.98. The van der Waals surface area contributed by atoms with Crippen LogP contribution in [0.4, 0.5) is 5.69 Å². The van der Waals surface area contributed by atoms with E-state index in [-0.39, 0.29) is 24.0 Å². The molecule has 27 heavy (non-hydrogen) atoms. The predicted octanol–water partition coefficient (Wildman–Crippen LogP) is 2.96. The van der Waals surface area contributed by atoms with Gasteiger partial charge in [-0.05, 0) is 31.0 Å². The van der Waals surface area contributed by atoms with Gasteiger partial charge in [0, 0.05) is 50.7 Å². The Hall–Kier alpha value is -2.03. The average molecular weight is 481 g/mol. The molecule has 2 heterocycles. The first-order valence-corrected chi connectivity index (χ1v) is 8.95. The summed E-state index contributed by atoms with van der Waals surface area (Å²) in [7, 11) is 3.42. The lowest BCUT2D eigenvalue weighted by Crippen LogP contribution is -2.44.